The van der Waals surface area contributed by atoms with Crippen molar-refractivity contribution in [1.29, 1.82) is 0 Å². The first kappa shape index (κ1) is 18.4. The number of nitrogens with two attached hydrogens (primary N) is 1. The molecule has 0 bridgehead atoms. The van der Waals surface area contributed by atoms with Crippen LogP contribution in [0.25, 0.3) is 0 Å². The van der Waals surface area contributed by atoms with Gasteiger partial charge in [0.1, 0.15) is 11.6 Å². The highest BCUT2D eigenvalue weighted by atomic mass is 19.1. The van der Waals surface area contributed by atoms with Gasteiger partial charge in [-0.25, -0.2) is 23.5 Å². The van der Waals surface area contributed by atoms with Crippen molar-refractivity contribution in [3.63, 3.8) is 0 Å². The van der Waals surface area contributed by atoms with Gasteiger partial charge in [-0.3, -0.25) is 4.99 Å². The number of aliphatic imine (C=N–C) groups is 1. The molecule has 27 heavy (non-hydrogen) atoms. The second kappa shape index (κ2) is 7.90. The summed E-state index contributed by atoms with van der Waals surface area (Å²) in [7, 11) is 1.28. The van der Waals surface area contributed by atoms with Crippen LogP contribution in [0.3, 0.4) is 0 Å². The Morgan fingerprint density at radius 2 is 2.19 bits per heavy atom. The van der Waals surface area contributed by atoms with Gasteiger partial charge in [-0.2, -0.15) is 0 Å². The Labute approximate surface area is 154 Å². The van der Waals surface area contributed by atoms with Crippen LogP contribution < -0.4 is 10.6 Å². The van der Waals surface area contributed by atoms with Gasteiger partial charge in [0.2, 0.25) is 5.95 Å². The van der Waals surface area contributed by atoms with Crippen LogP contribution in [0.4, 0.5) is 14.7 Å². The number of anilines is 1. The molecule has 3 rings (SSSR count). The molecule has 7 nitrogen and oxygen atoms in total. The summed E-state index contributed by atoms with van der Waals surface area (Å²) in [6, 6.07) is 4.82. The highest BCUT2D eigenvalue weighted by Crippen LogP contribution is 2.18. The Hall–Kier alpha value is -3.36. The molecule has 1 aliphatic heterocycles. The van der Waals surface area contributed by atoms with Crippen LogP contribution in [0.5, 0.6) is 0 Å². The Bertz CT molecular complexity index is 930. The van der Waals surface area contributed by atoms with Crippen molar-refractivity contribution < 1.29 is 18.3 Å². The standard InChI is InChI=1S/C18H17F2N5O2/c1-27-17(26)16-4-5-23-18(24-16)25-9-12(15(21)10-25)8-22-7-11-2-3-13(19)6-14(11)20/h2-6,8H,7,9-10,21H2,1H3. The van der Waals surface area contributed by atoms with Crippen LogP contribution in [0.1, 0.15) is 16.1 Å². The van der Waals surface area contributed by atoms with E-state index in [1.165, 1.54) is 31.5 Å². The van der Waals surface area contributed by atoms with E-state index in [2.05, 4.69) is 19.7 Å². The van der Waals surface area contributed by atoms with Crippen LogP contribution in [0, 0.1) is 11.6 Å². The number of benzene rings is 1. The Kier molecular flexibility index (Phi) is 5.39. The maximum atomic E-state index is 13.6. The number of nitrogens with zero attached hydrogens (tertiary/aromatic N) is 4. The zero-order valence-corrected chi connectivity index (χ0v) is 14.5. The van der Waals surface area contributed by atoms with Crippen molar-refractivity contribution in [1.82, 2.24) is 9.97 Å². The fourth-order valence-corrected chi connectivity index (χ4v) is 2.56. The normalized spacial score (nSPS) is 14.3. The lowest BCUT2D eigenvalue weighted by Gasteiger charge is -2.15. The molecular formula is C18H17F2N5O2. The molecule has 0 amide bonds. The molecule has 0 saturated heterocycles. The molecule has 1 aromatic heterocycles. The van der Waals surface area contributed by atoms with E-state index in [0.29, 0.717) is 24.7 Å². The molecule has 0 fully saturated rings. The molecule has 1 aromatic carbocycles. The lowest BCUT2D eigenvalue weighted by atomic mass is 10.2. The van der Waals surface area contributed by atoms with Gasteiger partial charge in [0, 0.05) is 41.9 Å². The van der Waals surface area contributed by atoms with Gasteiger partial charge in [0.25, 0.3) is 0 Å². The zero-order valence-electron chi connectivity index (χ0n) is 14.5. The zero-order chi connectivity index (χ0) is 19.4. The number of carbonyl (C=O) groups excluding carboxylic acids is 1. The first-order valence-electron chi connectivity index (χ1n) is 8.05. The van der Waals surface area contributed by atoms with Gasteiger partial charge in [-0.15, -0.1) is 0 Å². The highest BCUT2D eigenvalue weighted by Gasteiger charge is 2.22. The Morgan fingerprint density at radius 3 is 2.93 bits per heavy atom. The summed E-state index contributed by atoms with van der Waals surface area (Å²) in [6.07, 6.45) is 3.02. The minimum atomic E-state index is -0.643. The van der Waals surface area contributed by atoms with Crippen LogP contribution in [-0.2, 0) is 11.3 Å². The second-order valence-corrected chi connectivity index (χ2v) is 5.85. The average Bonchev–Trinajstić information content (AvgIpc) is 3.04. The predicted octanol–water partition coefficient (Wildman–Crippen LogP) is 1.85. The van der Waals surface area contributed by atoms with E-state index in [1.54, 1.807) is 11.1 Å². The fourth-order valence-electron chi connectivity index (χ4n) is 2.56. The number of carbonyl (C=O) groups is 1. The van der Waals surface area contributed by atoms with Gasteiger partial charge < -0.3 is 15.4 Å². The first-order valence-corrected chi connectivity index (χ1v) is 8.05. The number of rotatable bonds is 5. The number of esters is 1. The molecule has 2 heterocycles. The van der Waals surface area contributed by atoms with E-state index in [9.17, 15) is 13.6 Å². The second-order valence-electron chi connectivity index (χ2n) is 5.85. The third-order valence-electron chi connectivity index (χ3n) is 3.98. The fraction of sp³-hybridized carbons (Fsp3) is 0.222. The minimum absolute atomic E-state index is 0.0667. The van der Waals surface area contributed by atoms with E-state index in [-0.39, 0.29) is 17.8 Å². The molecule has 9 heteroatoms. The molecule has 0 unspecified atom stereocenters. The number of ether oxygens (including phenoxy) is 1. The van der Waals surface area contributed by atoms with Crippen molar-refractivity contribution in [3.05, 3.63) is 64.6 Å². The summed E-state index contributed by atoms with van der Waals surface area (Å²) in [4.78, 5) is 25.9. The highest BCUT2D eigenvalue weighted by molar-refractivity contribution is 5.87. The van der Waals surface area contributed by atoms with E-state index < -0.39 is 17.6 Å². The first-order chi connectivity index (χ1) is 13.0. The lowest BCUT2D eigenvalue weighted by molar-refractivity contribution is 0.0594. The van der Waals surface area contributed by atoms with Crippen molar-refractivity contribution in [2.45, 2.75) is 6.54 Å². The van der Waals surface area contributed by atoms with E-state index in [4.69, 9.17) is 5.73 Å². The molecule has 2 N–H and O–H groups in total. The van der Waals surface area contributed by atoms with Crippen LogP contribution in [-0.4, -0.2) is 42.4 Å². The van der Waals surface area contributed by atoms with Crippen molar-refractivity contribution >= 4 is 18.1 Å². The summed E-state index contributed by atoms with van der Waals surface area (Å²) >= 11 is 0. The van der Waals surface area contributed by atoms with Crippen LogP contribution >= 0.6 is 0 Å². The number of methoxy groups -OCH3 is 1. The van der Waals surface area contributed by atoms with E-state index >= 15 is 0 Å². The maximum Gasteiger partial charge on any atom is 0.356 e. The van der Waals surface area contributed by atoms with Gasteiger partial charge in [-0.05, 0) is 12.1 Å². The van der Waals surface area contributed by atoms with E-state index in [1.807, 2.05) is 0 Å². The van der Waals surface area contributed by atoms with Crippen molar-refractivity contribution in [2.75, 3.05) is 25.1 Å². The monoisotopic (exact) mass is 373 g/mol. The van der Waals surface area contributed by atoms with Crippen molar-refractivity contribution in [3.8, 4) is 0 Å². The Balaban J connectivity index is 1.67. The summed E-state index contributed by atoms with van der Waals surface area (Å²) in [6.45, 7) is 0.833. The number of hydrogen-bond donors (Lipinski definition) is 1. The molecule has 0 aliphatic carbocycles. The number of halogens is 2. The molecule has 1 aliphatic rings. The third-order valence-corrected chi connectivity index (χ3v) is 3.98. The summed E-state index contributed by atoms with van der Waals surface area (Å²) in [5, 5.41) is 0. The summed E-state index contributed by atoms with van der Waals surface area (Å²) in [5.74, 6) is -1.49. The predicted molar refractivity (Wildman–Crippen MR) is 95.4 cm³/mol. The number of aromatic nitrogens is 2. The molecular weight excluding hydrogens is 356 g/mol. The molecule has 0 radical (unpaired) electrons. The quantitative estimate of drug-likeness (QED) is 0.635. The van der Waals surface area contributed by atoms with Crippen molar-refractivity contribution in [2.24, 2.45) is 10.7 Å². The van der Waals surface area contributed by atoms with Gasteiger partial charge in [-0.1, -0.05) is 6.07 Å². The smallest absolute Gasteiger partial charge is 0.356 e. The third kappa shape index (κ3) is 4.25. The molecule has 2 aromatic rings. The molecule has 0 spiro atoms. The molecule has 0 saturated carbocycles. The van der Waals surface area contributed by atoms with Gasteiger partial charge >= 0.3 is 5.97 Å². The maximum absolute atomic E-state index is 13.6. The van der Waals surface area contributed by atoms with Crippen LogP contribution in [0.15, 0.2) is 46.7 Å². The number of hydrogen-bond acceptors (Lipinski definition) is 7. The van der Waals surface area contributed by atoms with Gasteiger partial charge in [0.15, 0.2) is 5.69 Å². The summed E-state index contributed by atoms with van der Waals surface area (Å²) < 4.78 is 31.2. The SMILES string of the molecule is COC(=O)c1ccnc(N2CC(N)=C(C=NCc3ccc(F)cc3F)C2)n1. The largest absolute Gasteiger partial charge is 0.464 e. The van der Waals surface area contributed by atoms with E-state index in [0.717, 1.165) is 11.6 Å². The lowest BCUT2D eigenvalue weighted by Crippen LogP contribution is -2.25. The summed E-state index contributed by atoms with van der Waals surface area (Å²) in [5.41, 5.74) is 7.79. The average molecular weight is 373 g/mol. The molecule has 140 valence electrons. The minimum Gasteiger partial charge on any atom is -0.464 e. The Morgan fingerprint density at radius 1 is 1.37 bits per heavy atom. The van der Waals surface area contributed by atoms with Gasteiger partial charge in [0.05, 0.1) is 20.2 Å². The molecule has 0 atom stereocenters. The van der Waals surface area contributed by atoms with Crippen LogP contribution in [0.2, 0.25) is 0 Å². The topological polar surface area (TPSA) is 93.7 Å².